The molecule has 0 unspecified atom stereocenters. The van der Waals surface area contributed by atoms with E-state index in [1.165, 1.54) is 70.6 Å². The highest BCUT2D eigenvalue weighted by Gasteiger charge is 2.03. The lowest BCUT2D eigenvalue weighted by Gasteiger charge is -2.09. The molecule has 0 aromatic heterocycles. The summed E-state index contributed by atoms with van der Waals surface area (Å²) >= 11 is 0. The van der Waals surface area contributed by atoms with Crippen molar-refractivity contribution in [3.63, 3.8) is 0 Å². The maximum absolute atomic E-state index is 11.8. The van der Waals surface area contributed by atoms with Gasteiger partial charge in [-0.1, -0.05) is 84.0 Å². The molecular formula is C35H60O9. The lowest BCUT2D eigenvalue weighted by Crippen LogP contribution is -2.15. The standard InChI is InChI=1S/C35H60O9/c1-2-3-4-5-6-7-8-9-10-11-12-13-14-15-35(37)44-31-29-42-27-25-40-23-21-38-20-22-39-24-26-41-28-30-43-34-18-16-33(32-36)17-19-34/h16-19,32H,2-15,20-31H2,1H3. The largest absolute Gasteiger partial charge is 0.491 e. The number of ether oxygens (including phenoxy) is 7. The Morgan fingerprint density at radius 2 is 0.909 bits per heavy atom. The van der Waals surface area contributed by atoms with Gasteiger partial charge < -0.3 is 33.2 Å². The second-order valence-corrected chi connectivity index (χ2v) is 10.8. The van der Waals surface area contributed by atoms with Gasteiger partial charge in [0.05, 0.1) is 66.1 Å². The zero-order chi connectivity index (χ0) is 31.6. The van der Waals surface area contributed by atoms with Gasteiger partial charge in [0.25, 0.3) is 0 Å². The summed E-state index contributed by atoms with van der Waals surface area (Å²) in [7, 11) is 0. The summed E-state index contributed by atoms with van der Waals surface area (Å²) in [6, 6.07) is 6.94. The first-order valence-electron chi connectivity index (χ1n) is 17.0. The molecule has 1 aromatic carbocycles. The van der Waals surface area contributed by atoms with Crippen LogP contribution in [-0.2, 0) is 33.2 Å². The van der Waals surface area contributed by atoms with Gasteiger partial charge in [0, 0.05) is 12.0 Å². The molecule has 0 heterocycles. The van der Waals surface area contributed by atoms with E-state index >= 15 is 0 Å². The van der Waals surface area contributed by atoms with Crippen LogP contribution in [0.15, 0.2) is 24.3 Å². The van der Waals surface area contributed by atoms with Gasteiger partial charge in [-0.15, -0.1) is 0 Å². The van der Waals surface area contributed by atoms with Crippen molar-refractivity contribution in [2.45, 2.75) is 96.8 Å². The molecule has 0 radical (unpaired) electrons. The minimum Gasteiger partial charge on any atom is -0.491 e. The molecule has 9 nitrogen and oxygen atoms in total. The predicted molar refractivity (Wildman–Crippen MR) is 173 cm³/mol. The summed E-state index contributed by atoms with van der Waals surface area (Å²) in [6.07, 6.45) is 18.1. The quantitative estimate of drug-likeness (QED) is 0.0457. The fraction of sp³-hybridized carbons (Fsp3) is 0.771. The van der Waals surface area contributed by atoms with E-state index in [4.69, 9.17) is 33.2 Å². The number of carbonyl (C=O) groups excluding carboxylic acids is 2. The van der Waals surface area contributed by atoms with Gasteiger partial charge in [0.2, 0.25) is 0 Å². The van der Waals surface area contributed by atoms with Crippen LogP contribution >= 0.6 is 0 Å². The zero-order valence-electron chi connectivity index (χ0n) is 27.4. The number of unbranched alkanes of at least 4 members (excludes halogenated alkanes) is 12. The molecule has 9 heteroatoms. The molecule has 1 rings (SSSR count). The van der Waals surface area contributed by atoms with E-state index < -0.39 is 0 Å². The summed E-state index contributed by atoms with van der Waals surface area (Å²) in [5.74, 6) is 0.573. The third-order valence-corrected chi connectivity index (χ3v) is 6.98. The molecular weight excluding hydrogens is 564 g/mol. The SMILES string of the molecule is CCCCCCCCCCCCCCCC(=O)OCCOCCOCCOCCOCCOCCOc1ccc(C=O)cc1. The van der Waals surface area contributed by atoms with Crippen LogP contribution in [0.3, 0.4) is 0 Å². The van der Waals surface area contributed by atoms with E-state index in [0.717, 1.165) is 19.1 Å². The Morgan fingerprint density at radius 3 is 1.34 bits per heavy atom. The third-order valence-electron chi connectivity index (χ3n) is 6.98. The minimum atomic E-state index is -0.133. The van der Waals surface area contributed by atoms with Crippen molar-refractivity contribution >= 4 is 12.3 Å². The van der Waals surface area contributed by atoms with E-state index in [0.29, 0.717) is 90.4 Å². The third kappa shape index (κ3) is 27.5. The first kappa shape index (κ1) is 40.0. The van der Waals surface area contributed by atoms with Crippen LogP contribution in [0.5, 0.6) is 5.75 Å². The van der Waals surface area contributed by atoms with Crippen molar-refractivity contribution in [1.29, 1.82) is 0 Å². The summed E-state index contributed by atoms with van der Waals surface area (Å²) < 4.78 is 38.1. The van der Waals surface area contributed by atoms with Crippen LogP contribution in [-0.4, -0.2) is 91.5 Å². The fourth-order valence-electron chi connectivity index (χ4n) is 4.42. The summed E-state index contributed by atoms with van der Waals surface area (Å²) in [4.78, 5) is 22.5. The zero-order valence-corrected chi connectivity index (χ0v) is 27.4. The van der Waals surface area contributed by atoms with Crippen molar-refractivity contribution < 1.29 is 42.7 Å². The topological polar surface area (TPSA) is 98.8 Å². The molecule has 0 N–H and O–H groups in total. The van der Waals surface area contributed by atoms with Crippen molar-refractivity contribution in [2.24, 2.45) is 0 Å². The molecule has 0 saturated carbocycles. The van der Waals surface area contributed by atoms with Crippen molar-refractivity contribution in [2.75, 3.05) is 79.3 Å². The number of benzene rings is 1. The van der Waals surface area contributed by atoms with Gasteiger partial charge >= 0.3 is 5.97 Å². The number of hydrogen-bond acceptors (Lipinski definition) is 9. The number of hydrogen-bond donors (Lipinski definition) is 0. The molecule has 0 aliphatic heterocycles. The van der Waals surface area contributed by atoms with Crippen molar-refractivity contribution in [3.05, 3.63) is 29.8 Å². The van der Waals surface area contributed by atoms with Gasteiger partial charge in [-0.25, -0.2) is 0 Å². The number of esters is 1. The van der Waals surface area contributed by atoms with Gasteiger partial charge in [-0.05, 0) is 30.7 Å². The summed E-state index contributed by atoms with van der Waals surface area (Å²) in [5.41, 5.74) is 0.620. The second-order valence-electron chi connectivity index (χ2n) is 10.8. The Kier molecular flexibility index (Phi) is 29.4. The molecule has 1 aromatic rings. The highest BCUT2D eigenvalue weighted by molar-refractivity contribution is 5.74. The summed E-state index contributed by atoms with van der Waals surface area (Å²) in [6.45, 7) is 7.67. The Labute approximate surface area is 266 Å². The van der Waals surface area contributed by atoms with Crippen LogP contribution in [0.4, 0.5) is 0 Å². The van der Waals surface area contributed by atoms with E-state index in [2.05, 4.69) is 6.92 Å². The van der Waals surface area contributed by atoms with Crippen molar-refractivity contribution in [3.8, 4) is 5.75 Å². The average Bonchev–Trinajstić information content (AvgIpc) is 3.04. The Bertz CT molecular complexity index is 757. The summed E-state index contributed by atoms with van der Waals surface area (Å²) in [5, 5.41) is 0. The average molecular weight is 625 g/mol. The Hall–Kier alpha value is -2.04. The second kappa shape index (κ2) is 32.4. The molecule has 0 bridgehead atoms. The molecule has 0 amide bonds. The van der Waals surface area contributed by atoms with Crippen LogP contribution in [0.25, 0.3) is 0 Å². The first-order valence-corrected chi connectivity index (χ1v) is 17.0. The lowest BCUT2D eigenvalue weighted by atomic mass is 10.0. The first-order chi connectivity index (χ1) is 21.8. The van der Waals surface area contributed by atoms with Gasteiger partial charge in [-0.2, -0.15) is 0 Å². The van der Waals surface area contributed by atoms with Gasteiger partial charge in [-0.3, -0.25) is 9.59 Å². The molecule has 0 atom stereocenters. The normalized spacial score (nSPS) is 11.1. The molecule has 0 spiro atoms. The van der Waals surface area contributed by atoms with Crippen LogP contribution in [0.2, 0.25) is 0 Å². The molecule has 44 heavy (non-hydrogen) atoms. The minimum absolute atomic E-state index is 0.133. The van der Waals surface area contributed by atoms with Crippen LogP contribution < -0.4 is 4.74 Å². The smallest absolute Gasteiger partial charge is 0.305 e. The van der Waals surface area contributed by atoms with E-state index in [9.17, 15) is 9.59 Å². The Balaban J connectivity index is 1.69. The predicted octanol–water partition coefficient (Wildman–Crippen LogP) is 6.99. The van der Waals surface area contributed by atoms with E-state index in [1.54, 1.807) is 24.3 Å². The maximum atomic E-state index is 11.8. The van der Waals surface area contributed by atoms with E-state index in [-0.39, 0.29) is 12.6 Å². The molecule has 0 aliphatic carbocycles. The number of aldehydes is 1. The highest BCUT2D eigenvalue weighted by Crippen LogP contribution is 2.13. The molecule has 254 valence electrons. The fourth-order valence-corrected chi connectivity index (χ4v) is 4.42. The number of rotatable bonds is 34. The number of carbonyl (C=O) groups is 2. The van der Waals surface area contributed by atoms with Crippen molar-refractivity contribution in [1.82, 2.24) is 0 Å². The Morgan fingerprint density at radius 1 is 0.523 bits per heavy atom. The maximum Gasteiger partial charge on any atom is 0.305 e. The van der Waals surface area contributed by atoms with Gasteiger partial charge in [0.1, 0.15) is 25.2 Å². The molecule has 0 fully saturated rings. The monoisotopic (exact) mass is 624 g/mol. The van der Waals surface area contributed by atoms with Gasteiger partial charge in [0.15, 0.2) is 0 Å². The van der Waals surface area contributed by atoms with Crippen LogP contribution in [0.1, 0.15) is 107 Å². The highest BCUT2D eigenvalue weighted by atomic mass is 16.6. The molecule has 0 saturated heterocycles. The van der Waals surface area contributed by atoms with Crippen LogP contribution in [0, 0.1) is 0 Å². The molecule has 0 aliphatic rings. The van der Waals surface area contributed by atoms with E-state index in [1.807, 2.05) is 0 Å². The lowest BCUT2D eigenvalue weighted by molar-refractivity contribution is -0.145.